The Balaban J connectivity index is 2.73. The van der Waals surface area contributed by atoms with Gasteiger partial charge in [0.1, 0.15) is 0 Å². The lowest BCUT2D eigenvalue weighted by Gasteiger charge is -2.31. The van der Waals surface area contributed by atoms with Crippen molar-refractivity contribution in [2.24, 2.45) is 11.3 Å². The summed E-state index contributed by atoms with van der Waals surface area (Å²) in [5, 5.41) is 0. The van der Waals surface area contributed by atoms with Crippen molar-refractivity contribution in [1.82, 2.24) is 0 Å². The van der Waals surface area contributed by atoms with Crippen LogP contribution in [0.2, 0.25) is 0 Å². The van der Waals surface area contributed by atoms with E-state index in [-0.39, 0.29) is 0 Å². The fourth-order valence-corrected chi connectivity index (χ4v) is 2.27. The average Bonchev–Trinajstić information content (AvgIpc) is 2.55. The lowest BCUT2D eigenvalue weighted by Crippen LogP contribution is -2.19. The molecule has 0 aromatic heterocycles. The Morgan fingerprint density at radius 1 is 1.46 bits per heavy atom. The van der Waals surface area contributed by atoms with Crippen LogP contribution in [0, 0.1) is 11.3 Å². The van der Waals surface area contributed by atoms with Crippen LogP contribution in [-0.2, 0) is 0 Å². The van der Waals surface area contributed by atoms with Crippen molar-refractivity contribution >= 4 is 0 Å². The highest BCUT2D eigenvalue weighted by Gasteiger charge is 2.27. The SMILES string of the molecule is CCC(C)(CC(C)C)C1=CCC=C1. The predicted octanol–water partition coefficient (Wildman–Crippen LogP) is 4.34. The molecule has 0 amide bonds. The molecule has 0 aromatic carbocycles. The van der Waals surface area contributed by atoms with Gasteiger partial charge in [-0.1, -0.05) is 45.9 Å². The van der Waals surface area contributed by atoms with Crippen molar-refractivity contribution in [3.8, 4) is 0 Å². The van der Waals surface area contributed by atoms with E-state index >= 15 is 0 Å². The normalized spacial score (nSPS) is 20.5. The molecule has 0 nitrogen and oxygen atoms in total. The summed E-state index contributed by atoms with van der Waals surface area (Å²) in [6, 6.07) is 0. The molecule has 0 aliphatic heterocycles. The van der Waals surface area contributed by atoms with Crippen LogP contribution in [0.4, 0.5) is 0 Å². The first-order chi connectivity index (χ1) is 6.08. The highest BCUT2D eigenvalue weighted by molar-refractivity contribution is 5.31. The lowest BCUT2D eigenvalue weighted by molar-refractivity contribution is 0.308. The predicted molar refractivity (Wildman–Crippen MR) is 59.7 cm³/mol. The molecule has 74 valence electrons. The van der Waals surface area contributed by atoms with E-state index in [1.165, 1.54) is 12.8 Å². The third-order valence-corrected chi connectivity index (χ3v) is 3.11. The number of rotatable bonds is 4. The molecule has 13 heavy (non-hydrogen) atoms. The molecular weight excluding hydrogens is 156 g/mol. The van der Waals surface area contributed by atoms with Gasteiger partial charge in [-0.25, -0.2) is 0 Å². The molecule has 1 aliphatic carbocycles. The summed E-state index contributed by atoms with van der Waals surface area (Å²) in [6.45, 7) is 9.32. The fourth-order valence-electron chi connectivity index (χ4n) is 2.27. The molecular formula is C13H22. The zero-order valence-electron chi connectivity index (χ0n) is 9.43. The summed E-state index contributed by atoms with van der Waals surface area (Å²) < 4.78 is 0. The minimum Gasteiger partial charge on any atom is -0.0804 e. The molecule has 0 aromatic rings. The fraction of sp³-hybridized carbons (Fsp3) is 0.692. The number of allylic oxidation sites excluding steroid dienone is 4. The summed E-state index contributed by atoms with van der Waals surface area (Å²) in [7, 11) is 0. The van der Waals surface area contributed by atoms with E-state index in [2.05, 4.69) is 45.9 Å². The maximum atomic E-state index is 2.40. The van der Waals surface area contributed by atoms with Crippen LogP contribution in [0.15, 0.2) is 23.8 Å². The Hall–Kier alpha value is -0.520. The highest BCUT2D eigenvalue weighted by Crippen LogP contribution is 2.39. The van der Waals surface area contributed by atoms with Crippen LogP contribution in [0.5, 0.6) is 0 Å². The van der Waals surface area contributed by atoms with Crippen LogP contribution in [0.3, 0.4) is 0 Å². The Labute approximate surface area is 82.7 Å². The molecule has 0 spiro atoms. The summed E-state index contributed by atoms with van der Waals surface area (Å²) in [6.07, 6.45) is 10.7. The van der Waals surface area contributed by atoms with E-state index in [9.17, 15) is 0 Å². The second-order valence-corrected chi connectivity index (χ2v) is 4.81. The van der Waals surface area contributed by atoms with Crippen LogP contribution >= 0.6 is 0 Å². The zero-order valence-corrected chi connectivity index (χ0v) is 9.43. The monoisotopic (exact) mass is 178 g/mol. The summed E-state index contributed by atoms with van der Waals surface area (Å²) >= 11 is 0. The minimum atomic E-state index is 0.418. The first-order valence-corrected chi connectivity index (χ1v) is 5.45. The maximum Gasteiger partial charge on any atom is -0.00786 e. The highest BCUT2D eigenvalue weighted by atomic mass is 14.3. The second kappa shape index (κ2) is 4.13. The van der Waals surface area contributed by atoms with Crippen molar-refractivity contribution in [2.75, 3.05) is 0 Å². The van der Waals surface area contributed by atoms with Crippen molar-refractivity contribution in [1.29, 1.82) is 0 Å². The molecule has 1 unspecified atom stereocenters. The Morgan fingerprint density at radius 2 is 2.15 bits per heavy atom. The first-order valence-electron chi connectivity index (χ1n) is 5.45. The van der Waals surface area contributed by atoms with E-state index in [0.717, 1.165) is 12.3 Å². The molecule has 1 atom stereocenters. The maximum absolute atomic E-state index is 2.40. The van der Waals surface area contributed by atoms with Gasteiger partial charge in [-0.15, -0.1) is 0 Å². The van der Waals surface area contributed by atoms with Gasteiger partial charge in [-0.2, -0.15) is 0 Å². The summed E-state index contributed by atoms with van der Waals surface area (Å²) in [5.74, 6) is 0.792. The van der Waals surface area contributed by atoms with Gasteiger partial charge >= 0.3 is 0 Å². The third kappa shape index (κ3) is 2.46. The van der Waals surface area contributed by atoms with Gasteiger partial charge in [-0.3, -0.25) is 0 Å². The van der Waals surface area contributed by atoms with Crippen LogP contribution in [-0.4, -0.2) is 0 Å². The topological polar surface area (TPSA) is 0 Å². The molecule has 0 heterocycles. The van der Waals surface area contributed by atoms with Gasteiger partial charge in [0.05, 0.1) is 0 Å². The molecule has 0 saturated carbocycles. The van der Waals surface area contributed by atoms with Crippen molar-refractivity contribution in [3.63, 3.8) is 0 Å². The lowest BCUT2D eigenvalue weighted by atomic mass is 9.74. The summed E-state index contributed by atoms with van der Waals surface area (Å²) in [5.41, 5.74) is 1.98. The third-order valence-electron chi connectivity index (χ3n) is 3.11. The van der Waals surface area contributed by atoms with Crippen molar-refractivity contribution in [2.45, 2.75) is 47.0 Å². The molecule has 1 rings (SSSR count). The molecule has 1 aliphatic rings. The molecule has 0 saturated heterocycles. The van der Waals surface area contributed by atoms with E-state index in [0.29, 0.717) is 5.41 Å². The summed E-state index contributed by atoms with van der Waals surface area (Å²) in [4.78, 5) is 0. The van der Waals surface area contributed by atoms with Gasteiger partial charge < -0.3 is 0 Å². The molecule has 0 heteroatoms. The first kappa shape index (κ1) is 10.6. The largest absolute Gasteiger partial charge is 0.0804 e. The Kier molecular flexibility index (Phi) is 3.35. The van der Waals surface area contributed by atoms with Gasteiger partial charge in [0.25, 0.3) is 0 Å². The molecule has 0 radical (unpaired) electrons. The minimum absolute atomic E-state index is 0.418. The number of hydrogen-bond donors (Lipinski definition) is 0. The van der Waals surface area contributed by atoms with E-state index < -0.39 is 0 Å². The van der Waals surface area contributed by atoms with Crippen LogP contribution in [0.1, 0.15) is 47.0 Å². The Morgan fingerprint density at radius 3 is 2.54 bits per heavy atom. The Bertz CT molecular complexity index is 220. The van der Waals surface area contributed by atoms with E-state index in [1.54, 1.807) is 5.57 Å². The smallest absolute Gasteiger partial charge is 0.00786 e. The van der Waals surface area contributed by atoms with Gasteiger partial charge in [0.2, 0.25) is 0 Å². The quantitative estimate of drug-likeness (QED) is 0.601. The van der Waals surface area contributed by atoms with Crippen molar-refractivity contribution in [3.05, 3.63) is 23.8 Å². The standard InChI is InChI=1S/C13H22/c1-5-13(4,10-11(2)3)12-8-6-7-9-12/h6,8-9,11H,5,7,10H2,1-4H3. The van der Waals surface area contributed by atoms with Gasteiger partial charge in [-0.05, 0) is 36.2 Å². The molecule has 0 fully saturated rings. The van der Waals surface area contributed by atoms with Gasteiger partial charge in [0.15, 0.2) is 0 Å². The van der Waals surface area contributed by atoms with Crippen molar-refractivity contribution < 1.29 is 0 Å². The number of hydrogen-bond acceptors (Lipinski definition) is 0. The van der Waals surface area contributed by atoms with E-state index in [4.69, 9.17) is 0 Å². The van der Waals surface area contributed by atoms with E-state index in [1.807, 2.05) is 0 Å². The average molecular weight is 178 g/mol. The van der Waals surface area contributed by atoms with Gasteiger partial charge in [0, 0.05) is 0 Å². The van der Waals surface area contributed by atoms with Crippen LogP contribution < -0.4 is 0 Å². The second-order valence-electron chi connectivity index (χ2n) is 4.81. The zero-order chi connectivity index (χ0) is 9.90. The molecule has 0 bridgehead atoms. The molecule has 0 N–H and O–H groups in total. The van der Waals surface area contributed by atoms with Crippen LogP contribution in [0.25, 0.3) is 0 Å².